The van der Waals surface area contributed by atoms with E-state index in [1.807, 2.05) is 24.3 Å². The van der Waals surface area contributed by atoms with E-state index in [-0.39, 0.29) is 0 Å². The molecule has 0 unspecified atom stereocenters. The fraction of sp³-hybridized carbons (Fsp3) is 0.625. The van der Waals surface area contributed by atoms with E-state index >= 15 is 0 Å². The van der Waals surface area contributed by atoms with E-state index in [0.717, 1.165) is 31.1 Å². The van der Waals surface area contributed by atoms with Gasteiger partial charge in [-0.3, -0.25) is 0 Å². The van der Waals surface area contributed by atoms with Crippen LogP contribution in [-0.2, 0) is 4.74 Å². The Bertz CT molecular complexity index is 311. The lowest BCUT2D eigenvalue weighted by molar-refractivity contribution is 0.192. The zero-order valence-electron chi connectivity index (χ0n) is 12.1. The lowest BCUT2D eigenvalue weighted by Crippen LogP contribution is -1.97. The number of hydrogen-bond donors (Lipinski definition) is 1. The summed E-state index contributed by atoms with van der Waals surface area (Å²) in [6.45, 7) is 1.70. The zero-order chi connectivity index (χ0) is 13.8. The smallest absolute Gasteiger partial charge is 0.119 e. The first-order valence-electron chi connectivity index (χ1n) is 7.30. The number of anilines is 1. The summed E-state index contributed by atoms with van der Waals surface area (Å²) in [7, 11) is 1.76. The fourth-order valence-electron chi connectivity index (χ4n) is 1.99. The summed E-state index contributed by atoms with van der Waals surface area (Å²) in [5.41, 5.74) is 6.40. The van der Waals surface area contributed by atoms with Crippen molar-refractivity contribution in [3.63, 3.8) is 0 Å². The van der Waals surface area contributed by atoms with Crippen molar-refractivity contribution in [2.24, 2.45) is 0 Å². The van der Waals surface area contributed by atoms with Crippen LogP contribution in [0.2, 0.25) is 0 Å². The van der Waals surface area contributed by atoms with Gasteiger partial charge in [0.25, 0.3) is 0 Å². The molecule has 0 spiro atoms. The monoisotopic (exact) mass is 265 g/mol. The van der Waals surface area contributed by atoms with Crippen LogP contribution in [0.5, 0.6) is 5.75 Å². The number of nitrogens with two attached hydrogens (primary N) is 1. The summed E-state index contributed by atoms with van der Waals surface area (Å²) in [5.74, 6) is 0.911. The number of rotatable bonds is 11. The van der Waals surface area contributed by atoms with Crippen LogP contribution >= 0.6 is 0 Å². The van der Waals surface area contributed by atoms with Crippen molar-refractivity contribution < 1.29 is 9.47 Å². The van der Waals surface area contributed by atoms with E-state index in [0.29, 0.717) is 0 Å². The summed E-state index contributed by atoms with van der Waals surface area (Å²) < 4.78 is 10.7. The highest BCUT2D eigenvalue weighted by atomic mass is 16.5. The number of hydrogen-bond acceptors (Lipinski definition) is 3. The maximum absolute atomic E-state index is 5.65. The van der Waals surface area contributed by atoms with Crippen molar-refractivity contribution in [1.29, 1.82) is 0 Å². The third kappa shape index (κ3) is 8.49. The number of benzene rings is 1. The number of methoxy groups -OCH3 is 1. The molecule has 1 aromatic rings. The van der Waals surface area contributed by atoms with E-state index in [4.69, 9.17) is 15.2 Å². The number of nitrogen functional groups attached to an aromatic ring is 1. The minimum absolute atomic E-state index is 0.779. The second-order valence-electron chi connectivity index (χ2n) is 4.89. The number of unbranched alkanes of at least 4 members (excludes halogenated alkanes) is 6. The fourth-order valence-corrected chi connectivity index (χ4v) is 1.99. The predicted molar refractivity (Wildman–Crippen MR) is 80.5 cm³/mol. The Labute approximate surface area is 117 Å². The lowest BCUT2D eigenvalue weighted by atomic mass is 10.1. The van der Waals surface area contributed by atoms with Crippen molar-refractivity contribution in [2.75, 3.05) is 26.1 Å². The van der Waals surface area contributed by atoms with E-state index in [2.05, 4.69) is 0 Å². The minimum atomic E-state index is 0.779. The zero-order valence-corrected chi connectivity index (χ0v) is 12.1. The van der Waals surface area contributed by atoms with Crippen LogP contribution < -0.4 is 10.5 Å². The molecule has 3 heteroatoms. The molecule has 0 amide bonds. The summed E-state index contributed by atoms with van der Waals surface area (Å²) in [4.78, 5) is 0. The first kappa shape index (κ1) is 15.8. The summed E-state index contributed by atoms with van der Waals surface area (Å²) in [6.07, 6.45) is 8.81. The van der Waals surface area contributed by atoms with Gasteiger partial charge < -0.3 is 15.2 Å². The van der Waals surface area contributed by atoms with Crippen LogP contribution in [0.25, 0.3) is 0 Å². The van der Waals surface area contributed by atoms with Gasteiger partial charge in [0.15, 0.2) is 0 Å². The third-order valence-corrected chi connectivity index (χ3v) is 3.14. The third-order valence-electron chi connectivity index (χ3n) is 3.14. The van der Waals surface area contributed by atoms with Crippen LogP contribution in [0, 0.1) is 0 Å². The Hall–Kier alpha value is -1.22. The molecule has 0 aliphatic rings. The molecule has 0 radical (unpaired) electrons. The van der Waals surface area contributed by atoms with Crippen molar-refractivity contribution in [1.82, 2.24) is 0 Å². The van der Waals surface area contributed by atoms with Gasteiger partial charge in [-0.2, -0.15) is 0 Å². The molecule has 0 saturated carbocycles. The predicted octanol–water partition coefficient (Wildman–Crippen LogP) is 4.02. The Kier molecular flexibility index (Phi) is 8.90. The molecule has 0 atom stereocenters. The van der Waals surface area contributed by atoms with Gasteiger partial charge in [0.05, 0.1) is 6.61 Å². The Morgan fingerprint density at radius 1 is 0.789 bits per heavy atom. The molecular formula is C16H27NO2. The lowest BCUT2D eigenvalue weighted by Gasteiger charge is -2.06. The molecule has 0 saturated heterocycles. The largest absolute Gasteiger partial charge is 0.494 e. The highest BCUT2D eigenvalue weighted by molar-refractivity contribution is 5.41. The average Bonchev–Trinajstić information content (AvgIpc) is 2.43. The molecule has 0 aliphatic heterocycles. The van der Waals surface area contributed by atoms with E-state index in [9.17, 15) is 0 Å². The number of ether oxygens (including phenoxy) is 2. The molecule has 0 heterocycles. The quantitative estimate of drug-likeness (QED) is 0.485. The highest BCUT2D eigenvalue weighted by Gasteiger charge is 1.95. The highest BCUT2D eigenvalue weighted by Crippen LogP contribution is 2.14. The standard InChI is InChI=1S/C16H27NO2/c1-18-13-7-5-3-2-4-6-8-14-19-16-11-9-15(17)10-12-16/h9-12H,2-8,13-14,17H2,1H3. The van der Waals surface area contributed by atoms with Crippen molar-refractivity contribution in [2.45, 2.75) is 44.9 Å². The molecule has 3 nitrogen and oxygen atoms in total. The Balaban J connectivity index is 1.87. The molecule has 1 rings (SSSR count). The summed E-state index contributed by atoms with van der Waals surface area (Å²) in [6, 6.07) is 7.58. The Morgan fingerprint density at radius 2 is 1.32 bits per heavy atom. The van der Waals surface area contributed by atoms with Crippen LogP contribution in [0.4, 0.5) is 5.69 Å². The molecule has 1 aromatic carbocycles. The molecule has 0 bridgehead atoms. The summed E-state index contributed by atoms with van der Waals surface area (Å²) in [5, 5.41) is 0. The Morgan fingerprint density at radius 3 is 1.89 bits per heavy atom. The van der Waals surface area contributed by atoms with E-state index in [1.54, 1.807) is 7.11 Å². The second-order valence-corrected chi connectivity index (χ2v) is 4.89. The normalized spacial score (nSPS) is 10.6. The van der Waals surface area contributed by atoms with Crippen LogP contribution in [0.3, 0.4) is 0 Å². The van der Waals surface area contributed by atoms with E-state index < -0.39 is 0 Å². The van der Waals surface area contributed by atoms with Gasteiger partial charge in [0.1, 0.15) is 5.75 Å². The first-order valence-corrected chi connectivity index (χ1v) is 7.30. The molecule has 108 valence electrons. The van der Waals surface area contributed by atoms with Crippen molar-refractivity contribution in [3.05, 3.63) is 24.3 Å². The van der Waals surface area contributed by atoms with Crippen LogP contribution in [-0.4, -0.2) is 20.3 Å². The molecule has 19 heavy (non-hydrogen) atoms. The SMILES string of the molecule is COCCCCCCCCCOc1ccc(N)cc1. The van der Waals surface area contributed by atoms with Crippen molar-refractivity contribution in [3.8, 4) is 5.75 Å². The van der Waals surface area contributed by atoms with Gasteiger partial charge in [0, 0.05) is 19.4 Å². The van der Waals surface area contributed by atoms with Gasteiger partial charge in [-0.05, 0) is 37.1 Å². The molecular weight excluding hydrogens is 238 g/mol. The van der Waals surface area contributed by atoms with Crippen LogP contribution in [0.1, 0.15) is 44.9 Å². The maximum Gasteiger partial charge on any atom is 0.119 e. The topological polar surface area (TPSA) is 44.5 Å². The molecule has 0 aliphatic carbocycles. The molecule has 2 N–H and O–H groups in total. The minimum Gasteiger partial charge on any atom is -0.494 e. The van der Waals surface area contributed by atoms with Gasteiger partial charge in [-0.15, -0.1) is 0 Å². The van der Waals surface area contributed by atoms with Gasteiger partial charge in [-0.25, -0.2) is 0 Å². The summed E-state index contributed by atoms with van der Waals surface area (Å²) >= 11 is 0. The van der Waals surface area contributed by atoms with Gasteiger partial charge >= 0.3 is 0 Å². The molecule has 0 aromatic heterocycles. The van der Waals surface area contributed by atoms with Gasteiger partial charge in [-0.1, -0.05) is 32.1 Å². The van der Waals surface area contributed by atoms with E-state index in [1.165, 1.54) is 38.5 Å². The van der Waals surface area contributed by atoms with Crippen molar-refractivity contribution >= 4 is 5.69 Å². The molecule has 0 fully saturated rings. The second kappa shape index (κ2) is 10.7. The average molecular weight is 265 g/mol. The first-order chi connectivity index (χ1) is 9.33. The maximum atomic E-state index is 5.65. The van der Waals surface area contributed by atoms with Gasteiger partial charge in [0.2, 0.25) is 0 Å². The van der Waals surface area contributed by atoms with Crippen LogP contribution in [0.15, 0.2) is 24.3 Å².